The molecule has 2 aromatic carbocycles. The van der Waals surface area contributed by atoms with Gasteiger partial charge in [0.25, 0.3) is 0 Å². The minimum Gasteiger partial charge on any atom is -0.497 e. The molecule has 2 aromatic rings. The van der Waals surface area contributed by atoms with Crippen molar-refractivity contribution in [2.75, 3.05) is 7.11 Å². The van der Waals surface area contributed by atoms with Crippen molar-refractivity contribution in [3.8, 4) is 17.9 Å². The molecule has 0 heterocycles. The summed E-state index contributed by atoms with van der Waals surface area (Å²) in [6, 6.07) is 20.9. The second-order valence-electron chi connectivity index (χ2n) is 4.48. The lowest BCUT2D eigenvalue weighted by molar-refractivity contribution is 0.415. The minimum absolute atomic E-state index is 0.0809. The maximum atomic E-state index is 9.17. The van der Waals surface area contributed by atoms with Gasteiger partial charge in [-0.2, -0.15) is 10.5 Å². The van der Waals surface area contributed by atoms with E-state index in [9.17, 15) is 0 Å². The molecule has 0 spiro atoms. The standard InChI is InChI=1S/C19H14N2O/c1-22-18-10-8-16(9-11-18)19(17(13-20)14-21)12-7-15-5-3-2-4-6-15/h2-12H,1H3/b12-7+. The van der Waals surface area contributed by atoms with E-state index in [1.807, 2.05) is 60.7 Å². The smallest absolute Gasteiger partial charge is 0.137 e. The van der Waals surface area contributed by atoms with Crippen LogP contribution in [-0.2, 0) is 0 Å². The van der Waals surface area contributed by atoms with Gasteiger partial charge in [-0.1, -0.05) is 54.6 Å². The summed E-state index contributed by atoms with van der Waals surface area (Å²) in [5.41, 5.74) is 2.48. The van der Waals surface area contributed by atoms with Crippen molar-refractivity contribution >= 4 is 11.6 Å². The van der Waals surface area contributed by atoms with Gasteiger partial charge in [0.15, 0.2) is 0 Å². The second-order valence-corrected chi connectivity index (χ2v) is 4.48. The highest BCUT2D eigenvalue weighted by Crippen LogP contribution is 2.23. The van der Waals surface area contributed by atoms with Crippen LogP contribution in [0.4, 0.5) is 0 Å². The van der Waals surface area contributed by atoms with Gasteiger partial charge >= 0.3 is 0 Å². The lowest BCUT2D eigenvalue weighted by atomic mass is 9.99. The molecule has 0 aliphatic carbocycles. The van der Waals surface area contributed by atoms with Crippen LogP contribution in [0.5, 0.6) is 5.75 Å². The zero-order valence-corrected chi connectivity index (χ0v) is 12.2. The monoisotopic (exact) mass is 286 g/mol. The first kappa shape index (κ1) is 15.1. The molecular formula is C19H14N2O. The molecule has 0 bridgehead atoms. The molecule has 0 N–H and O–H groups in total. The van der Waals surface area contributed by atoms with Crippen LogP contribution in [0, 0.1) is 22.7 Å². The van der Waals surface area contributed by atoms with E-state index in [1.54, 1.807) is 25.3 Å². The normalized spacial score (nSPS) is 9.77. The van der Waals surface area contributed by atoms with Crippen molar-refractivity contribution < 1.29 is 4.74 Å². The van der Waals surface area contributed by atoms with Crippen LogP contribution in [0.3, 0.4) is 0 Å². The molecule has 0 aliphatic heterocycles. The molecule has 106 valence electrons. The highest BCUT2D eigenvalue weighted by Gasteiger charge is 2.06. The largest absolute Gasteiger partial charge is 0.497 e. The molecule has 0 aliphatic rings. The average molecular weight is 286 g/mol. The van der Waals surface area contributed by atoms with Crippen LogP contribution in [0.25, 0.3) is 11.6 Å². The Hall–Kier alpha value is -3.30. The van der Waals surface area contributed by atoms with Crippen molar-refractivity contribution in [1.29, 1.82) is 10.5 Å². The van der Waals surface area contributed by atoms with E-state index in [0.717, 1.165) is 16.9 Å². The molecule has 0 radical (unpaired) electrons. The quantitative estimate of drug-likeness (QED) is 0.625. The number of nitriles is 2. The van der Waals surface area contributed by atoms with Crippen molar-refractivity contribution in [2.24, 2.45) is 0 Å². The lowest BCUT2D eigenvalue weighted by Gasteiger charge is -2.05. The third kappa shape index (κ3) is 3.62. The summed E-state index contributed by atoms with van der Waals surface area (Å²) in [5, 5.41) is 18.3. The maximum Gasteiger partial charge on any atom is 0.137 e. The third-order valence-electron chi connectivity index (χ3n) is 3.14. The molecular weight excluding hydrogens is 272 g/mol. The van der Waals surface area contributed by atoms with Gasteiger partial charge in [0.1, 0.15) is 23.5 Å². The number of ether oxygens (including phenoxy) is 1. The fourth-order valence-electron chi connectivity index (χ4n) is 1.98. The molecule has 0 saturated carbocycles. The van der Waals surface area contributed by atoms with Crippen molar-refractivity contribution in [1.82, 2.24) is 0 Å². The van der Waals surface area contributed by atoms with Gasteiger partial charge in [-0.05, 0) is 23.3 Å². The molecule has 3 heteroatoms. The predicted molar refractivity (Wildman–Crippen MR) is 86.6 cm³/mol. The molecule has 0 atom stereocenters. The van der Waals surface area contributed by atoms with Gasteiger partial charge in [-0.25, -0.2) is 0 Å². The number of nitrogens with zero attached hydrogens (tertiary/aromatic N) is 2. The highest BCUT2D eigenvalue weighted by molar-refractivity contribution is 5.85. The zero-order chi connectivity index (χ0) is 15.8. The Balaban J connectivity index is 2.45. The topological polar surface area (TPSA) is 56.8 Å². The minimum atomic E-state index is 0.0809. The Morgan fingerprint density at radius 2 is 1.59 bits per heavy atom. The van der Waals surface area contributed by atoms with Gasteiger partial charge in [-0.15, -0.1) is 0 Å². The zero-order valence-electron chi connectivity index (χ0n) is 12.2. The van der Waals surface area contributed by atoms with Crippen LogP contribution in [-0.4, -0.2) is 7.11 Å². The maximum absolute atomic E-state index is 9.17. The summed E-state index contributed by atoms with van der Waals surface area (Å²) in [5.74, 6) is 0.727. The molecule has 2 rings (SSSR count). The summed E-state index contributed by atoms with van der Waals surface area (Å²) in [6.07, 6.45) is 3.67. The van der Waals surface area contributed by atoms with Crippen molar-refractivity contribution in [3.63, 3.8) is 0 Å². The number of rotatable bonds is 4. The number of methoxy groups -OCH3 is 1. The van der Waals surface area contributed by atoms with Crippen molar-refractivity contribution in [2.45, 2.75) is 0 Å². The Kier molecular flexibility index (Phi) is 5.13. The molecule has 0 amide bonds. The molecule has 22 heavy (non-hydrogen) atoms. The van der Waals surface area contributed by atoms with E-state index in [1.165, 1.54) is 0 Å². The first-order chi connectivity index (χ1) is 10.8. The van der Waals surface area contributed by atoms with E-state index >= 15 is 0 Å². The summed E-state index contributed by atoms with van der Waals surface area (Å²) >= 11 is 0. The van der Waals surface area contributed by atoms with E-state index in [-0.39, 0.29) is 5.57 Å². The van der Waals surface area contributed by atoms with Crippen LogP contribution in [0.2, 0.25) is 0 Å². The predicted octanol–water partition coefficient (Wildman–Crippen LogP) is 4.21. The fraction of sp³-hybridized carbons (Fsp3) is 0.0526. The van der Waals surface area contributed by atoms with Gasteiger partial charge in [0.2, 0.25) is 0 Å². The van der Waals surface area contributed by atoms with Crippen LogP contribution >= 0.6 is 0 Å². The molecule has 3 nitrogen and oxygen atoms in total. The molecule has 0 unspecified atom stereocenters. The second kappa shape index (κ2) is 7.47. The number of benzene rings is 2. The van der Waals surface area contributed by atoms with E-state index in [4.69, 9.17) is 15.3 Å². The van der Waals surface area contributed by atoms with Gasteiger partial charge in [0, 0.05) is 5.57 Å². The molecule has 0 saturated heterocycles. The number of hydrogen-bond donors (Lipinski definition) is 0. The Bertz CT molecular complexity index is 757. The number of allylic oxidation sites excluding steroid dienone is 3. The Morgan fingerprint density at radius 3 is 2.14 bits per heavy atom. The van der Waals surface area contributed by atoms with E-state index < -0.39 is 0 Å². The third-order valence-corrected chi connectivity index (χ3v) is 3.14. The van der Waals surface area contributed by atoms with Crippen molar-refractivity contribution in [3.05, 3.63) is 77.4 Å². The van der Waals surface area contributed by atoms with E-state index in [0.29, 0.717) is 5.57 Å². The average Bonchev–Trinajstić information content (AvgIpc) is 2.59. The lowest BCUT2D eigenvalue weighted by Crippen LogP contribution is -1.88. The van der Waals surface area contributed by atoms with E-state index in [2.05, 4.69) is 0 Å². The Morgan fingerprint density at radius 1 is 0.955 bits per heavy atom. The number of hydrogen-bond acceptors (Lipinski definition) is 3. The van der Waals surface area contributed by atoms with Crippen LogP contribution < -0.4 is 4.74 Å². The van der Waals surface area contributed by atoms with Crippen LogP contribution in [0.15, 0.2) is 66.2 Å². The summed E-state index contributed by atoms with van der Waals surface area (Å²) < 4.78 is 5.13. The Labute approximate surface area is 130 Å². The van der Waals surface area contributed by atoms with Gasteiger partial charge < -0.3 is 4.74 Å². The fourth-order valence-corrected chi connectivity index (χ4v) is 1.98. The summed E-state index contributed by atoms with van der Waals surface area (Å²) in [4.78, 5) is 0. The summed E-state index contributed by atoms with van der Waals surface area (Å²) in [7, 11) is 1.59. The van der Waals surface area contributed by atoms with Gasteiger partial charge in [0.05, 0.1) is 7.11 Å². The highest BCUT2D eigenvalue weighted by atomic mass is 16.5. The SMILES string of the molecule is COc1ccc(C(/C=C/c2ccccc2)=C(C#N)C#N)cc1. The first-order valence-corrected chi connectivity index (χ1v) is 6.70. The molecule has 0 aromatic heterocycles. The summed E-state index contributed by atoms with van der Waals surface area (Å²) in [6.45, 7) is 0. The van der Waals surface area contributed by atoms with Crippen LogP contribution in [0.1, 0.15) is 11.1 Å². The molecule has 0 fully saturated rings. The van der Waals surface area contributed by atoms with Gasteiger partial charge in [-0.3, -0.25) is 0 Å². The first-order valence-electron chi connectivity index (χ1n) is 6.70.